The van der Waals surface area contributed by atoms with Gasteiger partial charge in [-0.3, -0.25) is 0 Å². The van der Waals surface area contributed by atoms with Gasteiger partial charge in [0.15, 0.2) is 0 Å². The Hall–Kier alpha value is 5.06. The first-order chi connectivity index (χ1) is 6.75. The number of benzene rings is 2. The summed E-state index contributed by atoms with van der Waals surface area (Å²) in [5, 5.41) is 0. The summed E-state index contributed by atoms with van der Waals surface area (Å²) in [4.78, 5) is 0. The van der Waals surface area contributed by atoms with Crippen molar-refractivity contribution in [2.45, 2.75) is 13.8 Å². The second-order valence-corrected chi connectivity index (χ2v) is 3.53. The Morgan fingerprint density at radius 2 is 1.35 bits per heavy atom. The van der Waals surface area contributed by atoms with E-state index in [2.05, 4.69) is 56.3 Å². The van der Waals surface area contributed by atoms with Crippen LogP contribution in [0.3, 0.4) is 0 Å². The molecule has 0 spiro atoms. The van der Waals surface area contributed by atoms with Crippen molar-refractivity contribution in [3.05, 3.63) is 59.7 Å². The summed E-state index contributed by atoms with van der Waals surface area (Å²) in [5.74, 6) is 0. The van der Waals surface area contributed by atoms with Gasteiger partial charge in [-0.25, -0.2) is 11.1 Å². The normalized spacial score (nSPS) is 7.10. The zero-order chi connectivity index (χ0) is 9.97. The first kappa shape index (κ1) is 36.1. The van der Waals surface area contributed by atoms with E-state index >= 15 is 0 Å². The summed E-state index contributed by atoms with van der Waals surface area (Å²) < 4.78 is 0. The van der Waals surface area contributed by atoms with Crippen LogP contribution in [-0.2, 0) is 196 Å². The van der Waals surface area contributed by atoms with Gasteiger partial charge in [-0.1, -0.05) is 13.8 Å². The molecule has 0 fully saturated rings. The molecule has 6 radical (unpaired) electrons. The summed E-state index contributed by atoms with van der Waals surface area (Å²) in [7, 11) is 0. The molecule has 0 bridgehead atoms. The Morgan fingerprint density at radius 3 is 1.85 bits per heavy atom. The van der Waals surface area contributed by atoms with E-state index in [-0.39, 0.29) is 196 Å². The number of aryl methyl sites for hydroxylation is 2. The maximum absolute atomic E-state index is 3.32. The van der Waals surface area contributed by atoms with E-state index in [4.69, 9.17) is 0 Å². The van der Waals surface area contributed by atoms with Crippen molar-refractivity contribution in [1.29, 1.82) is 0 Å². The van der Waals surface area contributed by atoms with Gasteiger partial charge in [-0.05, 0) is 0 Å². The maximum atomic E-state index is 3.32. The van der Waals surface area contributed by atoms with E-state index in [9.17, 15) is 0 Å². The number of hydrogen-bond donors (Lipinski definition) is 0. The van der Waals surface area contributed by atoms with E-state index in [1.54, 1.807) is 0 Å². The zero-order valence-electron chi connectivity index (χ0n) is 11.9. The fourth-order valence-corrected chi connectivity index (χ4v) is 1.48. The number of rotatable bonds is 1. The van der Waals surface area contributed by atoms with Gasteiger partial charge in [-0.2, -0.15) is 36.4 Å². The van der Waals surface area contributed by atoms with E-state index in [1.807, 2.05) is 6.07 Å². The Balaban J connectivity index is -0.000000125. The van der Waals surface area contributed by atoms with Gasteiger partial charge in [0.2, 0.25) is 0 Å². The van der Waals surface area contributed by atoms with Gasteiger partial charge < -0.3 is 0 Å². The standard InChI is InChI=1S/C14H12.6Y/c1-11-5-3-7-13(9-11)14-8-4-6-12(2)10-14;;;;;;/h3-7,10H,1-2H3;;;;;;/q-2;;;;;;. The average Bonchev–Trinajstić information content (AvgIpc) is 2.18. The molecule has 2 aromatic rings. The molecule has 0 nitrogen and oxygen atoms in total. The Bertz CT molecular complexity index is 415. The molecule has 2 rings (SSSR count). The summed E-state index contributed by atoms with van der Waals surface area (Å²) in [6, 6.07) is 18.9. The van der Waals surface area contributed by atoms with Crippen molar-refractivity contribution in [3.63, 3.8) is 0 Å². The van der Waals surface area contributed by atoms with Crippen LogP contribution < -0.4 is 0 Å². The van der Waals surface area contributed by atoms with Gasteiger partial charge in [0.25, 0.3) is 0 Å². The van der Waals surface area contributed by atoms with Gasteiger partial charge in [0, 0.05) is 196 Å². The smallest absolute Gasteiger partial charge is 0 e. The Labute approximate surface area is 274 Å². The van der Waals surface area contributed by atoms with Crippen molar-refractivity contribution in [2.24, 2.45) is 0 Å². The third-order valence-corrected chi connectivity index (χ3v) is 2.19. The van der Waals surface area contributed by atoms with Crippen molar-refractivity contribution < 1.29 is 196 Å². The minimum atomic E-state index is 0. The molecule has 0 atom stereocenters. The molecule has 0 aliphatic carbocycles. The van der Waals surface area contributed by atoms with Crippen LogP contribution in [0.5, 0.6) is 0 Å². The largest absolute Gasteiger partial charge is 0.226 e. The molecule has 0 unspecified atom stereocenters. The second kappa shape index (κ2) is 20.4. The summed E-state index contributed by atoms with van der Waals surface area (Å²) >= 11 is 0. The Kier molecular flexibility index (Phi) is 36.7. The second-order valence-electron chi connectivity index (χ2n) is 3.53. The van der Waals surface area contributed by atoms with Crippen molar-refractivity contribution >= 4 is 0 Å². The van der Waals surface area contributed by atoms with Crippen LogP contribution in [0.15, 0.2) is 36.4 Å². The van der Waals surface area contributed by atoms with Crippen molar-refractivity contribution in [3.8, 4) is 11.1 Å². The molecule has 0 aromatic heterocycles. The SMILES string of the molecule is Cc1[c-]c(-c2[c-]ccc(C)c2)ccc1.[Y].[Y].[Y].[Y].[Y].[Y]. The summed E-state index contributed by atoms with van der Waals surface area (Å²) in [6.45, 7) is 4.15. The topological polar surface area (TPSA) is 0 Å². The van der Waals surface area contributed by atoms with Gasteiger partial charge in [-0.15, -0.1) is 23.3 Å². The fourth-order valence-electron chi connectivity index (χ4n) is 1.48. The molecular formula is C14H12Y6-2. The molecule has 0 saturated carbocycles. The molecule has 0 amide bonds. The number of hydrogen-bond acceptors (Lipinski definition) is 0. The third kappa shape index (κ3) is 13.3. The predicted octanol–water partition coefficient (Wildman–Crippen LogP) is 3.56. The van der Waals surface area contributed by atoms with E-state index < -0.39 is 0 Å². The average molecular weight is 714 g/mol. The molecule has 0 aliphatic rings. The molecule has 20 heavy (non-hydrogen) atoms. The Morgan fingerprint density at radius 1 is 0.750 bits per heavy atom. The van der Waals surface area contributed by atoms with Gasteiger partial charge in [0.05, 0.1) is 0 Å². The van der Waals surface area contributed by atoms with Crippen LogP contribution in [-0.4, -0.2) is 0 Å². The van der Waals surface area contributed by atoms with Gasteiger partial charge in [0.1, 0.15) is 0 Å². The summed E-state index contributed by atoms with van der Waals surface area (Å²) in [5.41, 5.74) is 4.66. The van der Waals surface area contributed by atoms with E-state index in [0.717, 1.165) is 16.7 Å². The van der Waals surface area contributed by atoms with Crippen LogP contribution in [0.2, 0.25) is 0 Å². The molecule has 2 aromatic carbocycles. The molecule has 0 heterocycles. The molecule has 88 valence electrons. The van der Waals surface area contributed by atoms with Crippen molar-refractivity contribution in [1.82, 2.24) is 0 Å². The van der Waals surface area contributed by atoms with Crippen LogP contribution in [0.1, 0.15) is 11.1 Å². The first-order valence-corrected chi connectivity index (χ1v) is 4.73. The van der Waals surface area contributed by atoms with Crippen LogP contribution in [0.25, 0.3) is 11.1 Å². The van der Waals surface area contributed by atoms with E-state index in [1.165, 1.54) is 5.56 Å². The molecule has 6 heteroatoms. The fraction of sp³-hybridized carbons (Fsp3) is 0.143. The third-order valence-electron chi connectivity index (χ3n) is 2.19. The van der Waals surface area contributed by atoms with Crippen molar-refractivity contribution in [2.75, 3.05) is 0 Å². The minimum absolute atomic E-state index is 0. The summed E-state index contributed by atoms with van der Waals surface area (Å²) in [6.07, 6.45) is 0. The van der Waals surface area contributed by atoms with Crippen LogP contribution >= 0.6 is 0 Å². The molecular weight excluding hydrogens is 702 g/mol. The maximum Gasteiger partial charge on any atom is 0 e. The monoisotopic (exact) mass is 714 g/mol. The molecule has 0 saturated heterocycles. The predicted molar refractivity (Wildman–Crippen MR) is 59.0 cm³/mol. The van der Waals surface area contributed by atoms with Gasteiger partial charge >= 0.3 is 0 Å². The van der Waals surface area contributed by atoms with Crippen LogP contribution in [0.4, 0.5) is 0 Å². The van der Waals surface area contributed by atoms with Crippen LogP contribution in [0, 0.1) is 26.0 Å². The molecule has 0 aliphatic heterocycles. The minimum Gasteiger partial charge on any atom is -0.226 e. The zero-order valence-corrected chi connectivity index (χ0v) is 29.0. The first-order valence-electron chi connectivity index (χ1n) is 4.73. The quantitative estimate of drug-likeness (QED) is 0.397. The van der Waals surface area contributed by atoms with E-state index in [0.29, 0.717) is 0 Å². The molecule has 0 N–H and O–H groups in total.